The number of hydrogen-bond donors (Lipinski definition) is 1. The van der Waals surface area contributed by atoms with Crippen LogP contribution in [0.25, 0.3) is 10.9 Å². The number of esters is 1. The zero-order chi connectivity index (χ0) is 11.7. The van der Waals surface area contributed by atoms with E-state index in [0.29, 0.717) is 16.1 Å². The standard InChI is InChI=1S/C11H11ClN2O2/c1-6(2)16-11(15)7-5-14-8-3-4-13-10(12)9(7)8/h3-6,14H,1-2H3. The van der Waals surface area contributed by atoms with Gasteiger partial charge in [-0.3, -0.25) is 0 Å². The monoisotopic (exact) mass is 238 g/mol. The Kier molecular flexibility index (Phi) is 2.83. The molecule has 0 saturated heterocycles. The number of pyridine rings is 1. The lowest BCUT2D eigenvalue weighted by atomic mass is 10.2. The summed E-state index contributed by atoms with van der Waals surface area (Å²) >= 11 is 5.95. The summed E-state index contributed by atoms with van der Waals surface area (Å²) in [5, 5.41) is 0.907. The van der Waals surface area contributed by atoms with Gasteiger partial charge in [0, 0.05) is 12.4 Å². The second-order valence-corrected chi connectivity index (χ2v) is 4.04. The van der Waals surface area contributed by atoms with Crippen LogP contribution in [0.2, 0.25) is 5.15 Å². The minimum atomic E-state index is -0.392. The fourth-order valence-electron chi connectivity index (χ4n) is 1.47. The van der Waals surface area contributed by atoms with Gasteiger partial charge in [0.05, 0.1) is 22.6 Å². The summed E-state index contributed by atoms with van der Waals surface area (Å²) < 4.78 is 5.11. The number of ether oxygens (including phenoxy) is 1. The van der Waals surface area contributed by atoms with Crippen LogP contribution in [0, 0.1) is 0 Å². The molecule has 1 N–H and O–H groups in total. The van der Waals surface area contributed by atoms with E-state index in [1.165, 1.54) is 0 Å². The van der Waals surface area contributed by atoms with Crippen molar-refractivity contribution in [2.24, 2.45) is 0 Å². The normalized spacial score (nSPS) is 11.0. The Labute approximate surface area is 97.6 Å². The maximum absolute atomic E-state index is 11.8. The second-order valence-electron chi connectivity index (χ2n) is 3.68. The number of aromatic amines is 1. The molecular formula is C11H11ClN2O2. The Morgan fingerprint density at radius 3 is 3.00 bits per heavy atom. The van der Waals surface area contributed by atoms with Gasteiger partial charge in [0.15, 0.2) is 0 Å². The predicted molar refractivity (Wildman–Crippen MR) is 61.7 cm³/mol. The minimum absolute atomic E-state index is 0.159. The molecule has 0 aliphatic heterocycles. The molecule has 84 valence electrons. The molecule has 0 spiro atoms. The number of nitrogens with zero attached hydrogens (tertiary/aromatic N) is 1. The Morgan fingerprint density at radius 2 is 2.31 bits per heavy atom. The van der Waals surface area contributed by atoms with E-state index in [0.717, 1.165) is 5.52 Å². The molecule has 0 bridgehead atoms. The van der Waals surface area contributed by atoms with Crippen LogP contribution in [0.4, 0.5) is 0 Å². The highest BCUT2D eigenvalue weighted by molar-refractivity contribution is 6.35. The van der Waals surface area contributed by atoms with E-state index < -0.39 is 5.97 Å². The van der Waals surface area contributed by atoms with Gasteiger partial charge in [0.25, 0.3) is 0 Å². The summed E-state index contributed by atoms with van der Waals surface area (Å²) in [6.45, 7) is 3.60. The van der Waals surface area contributed by atoms with Crippen LogP contribution >= 0.6 is 11.6 Å². The summed E-state index contributed by atoms with van der Waals surface area (Å²) in [5.41, 5.74) is 1.19. The molecule has 0 fully saturated rings. The molecule has 4 nitrogen and oxygen atoms in total. The number of fused-ring (bicyclic) bond motifs is 1. The Bertz CT molecular complexity index is 534. The third kappa shape index (κ3) is 1.88. The average molecular weight is 239 g/mol. The largest absolute Gasteiger partial charge is 0.459 e. The zero-order valence-electron chi connectivity index (χ0n) is 8.95. The highest BCUT2D eigenvalue weighted by Crippen LogP contribution is 2.25. The summed E-state index contributed by atoms with van der Waals surface area (Å²) in [5.74, 6) is -0.392. The van der Waals surface area contributed by atoms with E-state index in [-0.39, 0.29) is 6.10 Å². The maximum Gasteiger partial charge on any atom is 0.340 e. The summed E-state index contributed by atoms with van der Waals surface area (Å²) in [6.07, 6.45) is 3.01. The van der Waals surface area contributed by atoms with Crippen LogP contribution < -0.4 is 0 Å². The minimum Gasteiger partial charge on any atom is -0.459 e. The van der Waals surface area contributed by atoms with Crippen molar-refractivity contribution in [2.45, 2.75) is 20.0 Å². The van der Waals surface area contributed by atoms with Crippen molar-refractivity contribution in [2.75, 3.05) is 0 Å². The summed E-state index contributed by atoms with van der Waals surface area (Å²) in [7, 11) is 0. The number of carbonyl (C=O) groups excluding carboxylic acids is 1. The molecule has 0 aliphatic carbocycles. The number of hydrogen-bond acceptors (Lipinski definition) is 3. The van der Waals surface area contributed by atoms with Crippen molar-refractivity contribution < 1.29 is 9.53 Å². The molecule has 0 aromatic carbocycles. The van der Waals surface area contributed by atoms with Gasteiger partial charge in [-0.25, -0.2) is 9.78 Å². The maximum atomic E-state index is 11.8. The fourth-order valence-corrected chi connectivity index (χ4v) is 1.73. The topological polar surface area (TPSA) is 55.0 Å². The fraction of sp³-hybridized carbons (Fsp3) is 0.273. The molecule has 0 radical (unpaired) electrons. The SMILES string of the molecule is CC(C)OC(=O)c1c[nH]c2ccnc(Cl)c12. The van der Waals surface area contributed by atoms with Gasteiger partial charge in [-0.2, -0.15) is 0 Å². The molecule has 0 unspecified atom stereocenters. The van der Waals surface area contributed by atoms with Crippen molar-refractivity contribution in [1.29, 1.82) is 0 Å². The van der Waals surface area contributed by atoms with E-state index in [1.807, 2.05) is 0 Å². The van der Waals surface area contributed by atoms with E-state index in [9.17, 15) is 4.79 Å². The van der Waals surface area contributed by atoms with Crippen molar-refractivity contribution in [3.63, 3.8) is 0 Å². The number of rotatable bonds is 2. The van der Waals surface area contributed by atoms with Crippen LogP contribution in [-0.4, -0.2) is 22.0 Å². The highest BCUT2D eigenvalue weighted by atomic mass is 35.5. The second kappa shape index (κ2) is 4.14. The zero-order valence-corrected chi connectivity index (χ0v) is 9.71. The predicted octanol–water partition coefficient (Wildman–Crippen LogP) is 2.78. The molecule has 0 amide bonds. The third-order valence-corrected chi connectivity index (χ3v) is 2.40. The van der Waals surface area contributed by atoms with Crippen LogP contribution in [0.3, 0.4) is 0 Å². The van der Waals surface area contributed by atoms with Crippen LogP contribution in [0.5, 0.6) is 0 Å². The molecule has 16 heavy (non-hydrogen) atoms. The van der Waals surface area contributed by atoms with E-state index >= 15 is 0 Å². The average Bonchev–Trinajstić information content (AvgIpc) is 2.61. The van der Waals surface area contributed by atoms with Crippen LogP contribution in [-0.2, 0) is 4.74 Å². The van der Waals surface area contributed by atoms with E-state index in [4.69, 9.17) is 16.3 Å². The Hall–Kier alpha value is -1.55. The van der Waals surface area contributed by atoms with Crippen LogP contribution in [0.1, 0.15) is 24.2 Å². The number of carbonyl (C=O) groups is 1. The first kappa shape index (κ1) is 11.0. The highest BCUT2D eigenvalue weighted by Gasteiger charge is 2.17. The molecule has 0 atom stereocenters. The lowest BCUT2D eigenvalue weighted by molar-refractivity contribution is 0.0380. The first-order valence-electron chi connectivity index (χ1n) is 4.92. The van der Waals surface area contributed by atoms with Gasteiger partial charge in [0.2, 0.25) is 0 Å². The van der Waals surface area contributed by atoms with Crippen molar-refractivity contribution in [3.05, 3.63) is 29.2 Å². The van der Waals surface area contributed by atoms with E-state index in [1.54, 1.807) is 32.3 Å². The van der Waals surface area contributed by atoms with Gasteiger partial charge >= 0.3 is 5.97 Å². The number of H-pyrrole nitrogens is 1. The quantitative estimate of drug-likeness (QED) is 0.647. The molecule has 0 aliphatic rings. The smallest absolute Gasteiger partial charge is 0.340 e. The Balaban J connectivity index is 2.49. The van der Waals surface area contributed by atoms with Crippen LogP contribution in [0.15, 0.2) is 18.5 Å². The summed E-state index contributed by atoms with van der Waals surface area (Å²) in [4.78, 5) is 18.7. The lowest BCUT2D eigenvalue weighted by Gasteiger charge is -2.06. The number of halogens is 1. The van der Waals surface area contributed by atoms with Gasteiger partial charge in [-0.1, -0.05) is 11.6 Å². The molecule has 2 aromatic rings. The Morgan fingerprint density at radius 1 is 1.56 bits per heavy atom. The first-order valence-corrected chi connectivity index (χ1v) is 5.30. The van der Waals surface area contributed by atoms with Gasteiger partial charge in [-0.15, -0.1) is 0 Å². The lowest BCUT2D eigenvalue weighted by Crippen LogP contribution is -2.11. The van der Waals surface area contributed by atoms with Gasteiger partial charge in [-0.05, 0) is 19.9 Å². The van der Waals surface area contributed by atoms with Gasteiger partial charge in [0.1, 0.15) is 5.15 Å². The molecule has 5 heteroatoms. The molecule has 2 aromatic heterocycles. The first-order chi connectivity index (χ1) is 7.59. The molecule has 0 saturated carbocycles. The van der Waals surface area contributed by atoms with Gasteiger partial charge < -0.3 is 9.72 Å². The molecule has 2 rings (SSSR count). The van der Waals surface area contributed by atoms with Crippen molar-refractivity contribution in [3.8, 4) is 0 Å². The number of aromatic nitrogens is 2. The molecular weight excluding hydrogens is 228 g/mol. The molecule has 2 heterocycles. The number of nitrogens with one attached hydrogen (secondary N) is 1. The van der Waals surface area contributed by atoms with Crippen molar-refractivity contribution in [1.82, 2.24) is 9.97 Å². The van der Waals surface area contributed by atoms with E-state index in [2.05, 4.69) is 9.97 Å². The van der Waals surface area contributed by atoms with Crippen molar-refractivity contribution >= 4 is 28.5 Å². The summed E-state index contributed by atoms with van der Waals surface area (Å²) in [6, 6.07) is 1.76. The third-order valence-electron chi connectivity index (χ3n) is 2.11.